The van der Waals surface area contributed by atoms with Gasteiger partial charge in [0.25, 0.3) is 5.91 Å². The molecule has 0 fully saturated rings. The van der Waals surface area contributed by atoms with Crippen molar-refractivity contribution in [2.24, 2.45) is 0 Å². The van der Waals surface area contributed by atoms with Crippen LogP contribution in [0.1, 0.15) is 42.1 Å². The lowest BCUT2D eigenvalue weighted by Gasteiger charge is -2.07. The van der Waals surface area contributed by atoms with Crippen molar-refractivity contribution in [3.63, 3.8) is 0 Å². The molecule has 3 aromatic rings. The van der Waals surface area contributed by atoms with Crippen molar-refractivity contribution >= 4 is 16.9 Å². The highest BCUT2D eigenvalue weighted by atomic mass is 16.5. The lowest BCUT2D eigenvalue weighted by atomic mass is 10.1. The van der Waals surface area contributed by atoms with Crippen LogP contribution in [0.2, 0.25) is 0 Å². The molecule has 0 saturated heterocycles. The highest BCUT2D eigenvalue weighted by molar-refractivity contribution is 5.94. The highest BCUT2D eigenvalue weighted by Crippen LogP contribution is 2.23. The predicted octanol–water partition coefficient (Wildman–Crippen LogP) is 4.71. The fraction of sp³-hybridized carbons (Fsp3) is 0.333. The van der Waals surface area contributed by atoms with Crippen LogP contribution in [0, 0.1) is 6.92 Å². The molecule has 0 bridgehead atoms. The number of amides is 1. The van der Waals surface area contributed by atoms with Crippen LogP contribution in [0.3, 0.4) is 0 Å². The molecule has 1 amide bonds. The molecule has 0 radical (unpaired) electrons. The van der Waals surface area contributed by atoms with Gasteiger partial charge in [-0.05, 0) is 44.0 Å². The summed E-state index contributed by atoms with van der Waals surface area (Å²) in [5, 5.41) is 3.47. The van der Waals surface area contributed by atoms with Gasteiger partial charge in [0.2, 0.25) is 0 Å². The predicted molar refractivity (Wildman–Crippen MR) is 115 cm³/mol. The van der Waals surface area contributed by atoms with E-state index in [0.29, 0.717) is 35.4 Å². The molecule has 0 aliphatic rings. The number of hydrogen-bond donors (Lipinski definition) is 1. The molecule has 0 aliphatic heterocycles. The number of hydrogen-bond acceptors (Lipinski definition) is 4. The summed E-state index contributed by atoms with van der Waals surface area (Å²) < 4.78 is 11.4. The van der Waals surface area contributed by atoms with Crippen molar-refractivity contribution < 1.29 is 13.9 Å². The third-order valence-electron chi connectivity index (χ3n) is 4.71. The monoisotopic (exact) mass is 393 g/mol. The molecule has 0 spiro atoms. The van der Waals surface area contributed by atoms with Gasteiger partial charge in [-0.15, -0.1) is 0 Å². The Balaban J connectivity index is 1.61. The maximum Gasteiger partial charge on any atom is 0.251 e. The van der Waals surface area contributed by atoms with Gasteiger partial charge >= 0.3 is 0 Å². The summed E-state index contributed by atoms with van der Waals surface area (Å²) in [7, 11) is 0. The van der Waals surface area contributed by atoms with Gasteiger partial charge in [0, 0.05) is 37.0 Å². The summed E-state index contributed by atoms with van der Waals surface area (Å²) in [5.74, 6) is 0.364. The van der Waals surface area contributed by atoms with Crippen LogP contribution in [0.15, 0.2) is 57.7 Å². The molecule has 0 saturated carbocycles. The summed E-state index contributed by atoms with van der Waals surface area (Å²) >= 11 is 0. The fourth-order valence-electron chi connectivity index (χ4n) is 3.02. The first-order valence-electron chi connectivity index (χ1n) is 10.1. The number of nitrogens with one attached hydrogen (secondary N) is 1. The smallest absolute Gasteiger partial charge is 0.251 e. The topological polar surface area (TPSA) is 68.5 Å². The average Bonchev–Trinajstić information content (AvgIpc) is 2.73. The summed E-state index contributed by atoms with van der Waals surface area (Å²) in [6, 6.07) is 14.1. The van der Waals surface area contributed by atoms with Crippen molar-refractivity contribution in [3.8, 4) is 11.3 Å². The number of unbranched alkanes of at least 4 members (excludes halogenated alkanes) is 1. The van der Waals surface area contributed by atoms with Gasteiger partial charge in [0.05, 0.1) is 5.39 Å². The van der Waals surface area contributed by atoms with Crippen LogP contribution in [0.25, 0.3) is 22.3 Å². The maximum atomic E-state index is 12.4. The zero-order valence-corrected chi connectivity index (χ0v) is 17.0. The molecule has 1 heterocycles. The Hall–Kier alpha value is -2.92. The SMILES string of the molecule is CCCCOCCCNC(=O)c1ccc(-c2cc(=O)c3cc(C)ccc3o2)cc1. The first-order chi connectivity index (χ1) is 14.1. The van der Waals surface area contributed by atoms with Crippen molar-refractivity contribution in [3.05, 3.63) is 69.9 Å². The van der Waals surface area contributed by atoms with E-state index < -0.39 is 0 Å². The largest absolute Gasteiger partial charge is 0.456 e. The zero-order valence-electron chi connectivity index (χ0n) is 17.0. The maximum absolute atomic E-state index is 12.4. The van der Waals surface area contributed by atoms with E-state index in [2.05, 4.69) is 12.2 Å². The van der Waals surface area contributed by atoms with E-state index in [4.69, 9.17) is 9.15 Å². The number of rotatable bonds is 9. The van der Waals surface area contributed by atoms with E-state index in [1.54, 1.807) is 24.3 Å². The third-order valence-corrected chi connectivity index (χ3v) is 4.71. The van der Waals surface area contributed by atoms with Crippen LogP contribution in [0.4, 0.5) is 0 Å². The van der Waals surface area contributed by atoms with Gasteiger partial charge in [0.1, 0.15) is 11.3 Å². The van der Waals surface area contributed by atoms with Crippen LogP contribution >= 0.6 is 0 Å². The van der Waals surface area contributed by atoms with E-state index in [1.165, 1.54) is 6.07 Å². The Morgan fingerprint density at radius 3 is 2.55 bits per heavy atom. The van der Waals surface area contributed by atoms with E-state index in [-0.39, 0.29) is 11.3 Å². The molecule has 29 heavy (non-hydrogen) atoms. The second-order valence-electron chi connectivity index (χ2n) is 7.13. The highest BCUT2D eigenvalue weighted by Gasteiger charge is 2.09. The lowest BCUT2D eigenvalue weighted by Crippen LogP contribution is -2.25. The van der Waals surface area contributed by atoms with E-state index in [0.717, 1.165) is 37.0 Å². The Morgan fingerprint density at radius 1 is 1.03 bits per heavy atom. The molecule has 1 N–H and O–H groups in total. The van der Waals surface area contributed by atoms with Crippen molar-refractivity contribution in [1.82, 2.24) is 5.32 Å². The number of carbonyl (C=O) groups excluding carboxylic acids is 1. The zero-order chi connectivity index (χ0) is 20.6. The average molecular weight is 393 g/mol. The standard InChI is InChI=1S/C24H27NO4/c1-3-4-13-28-14-5-12-25-24(27)19-9-7-18(8-10-19)23-16-21(26)20-15-17(2)6-11-22(20)29-23/h6-11,15-16H,3-5,12-14H2,1-2H3,(H,25,27). The molecule has 0 unspecified atom stereocenters. The van der Waals surface area contributed by atoms with Crippen LogP contribution < -0.4 is 10.7 Å². The molecule has 1 aromatic heterocycles. The van der Waals surface area contributed by atoms with Crippen molar-refractivity contribution in [2.75, 3.05) is 19.8 Å². The molecular formula is C24H27NO4. The van der Waals surface area contributed by atoms with E-state index >= 15 is 0 Å². The molecule has 3 rings (SSSR count). The third kappa shape index (κ3) is 5.55. The summed E-state index contributed by atoms with van der Waals surface area (Å²) in [6.07, 6.45) is 2.97. The van der Waals surface area contributed by atoms with Gasteiger partial charge in [-0.2, -0.15) is 0 Å². The number of benzene rings is 2. The lowest BCUT2D eigenvalue weighted by molar-refractivity contribution is 0.0940. The minimum atomic E-state index is -0.124. The second-order valence-corrected chi connectivity index (χ2v) is 7.13. The Bertz CT molecular complexity index is 1020. The molecular weight excluding hydrogens is 366 g/mol. The quantitative estimate of drug-likeness (QED) is 0.535. The number of fused-ring (bicyclic) bond motifs is 1. The summed E-state index contributed by atoms with van der Waals surface area (Å²) in [4.78, 5) is 24.7. The van der Waals surface area contributed by atoms with Crippen LogP contribution in [-0.4, -0.2) is 25.7 Å². The van der Waals surface area contributed by atoms with Crippen molar-refractivity contribution in [1.29, 1.82) is 0 Å². The molecule has 2 aromatic carbocycles. The van der Waals surface area contributed by atoms with Crippen LogP contribution in [-0.2, 0) is 4.74 Å². The van der Waals surface area contributed by atoms with Gasteiger partial charge in [-0.3, -0.25) is 9.59 Å². The van der Waals surface area contributed by atoms with Gasteiger partial charge < -0.3 is 14.5 Å². The number of aryl methyl sites for hydroxylation is 1. The van der Waals surface area contributed by atoms with E-state index in [1.807, 2.05) is 25.1 Å². The minimum absolute atomic E-state index is 0.0760. The fourth-order valence-corrected chi connectivity index (χ4v) is 3.02. The Morgan fingerprint density at radius 2 is 1.79 bits per heavy atom. The summed E-state index contributed by atoms with van der Waals surface area (Å²) in [6.45, 7) is 6.07. The Labute approximate surface area is 170 Å². The first kappa shape index (κ1) is 20.8. The summed E-state index contributed by atoms with van der Waals surface area (Å²) in [5.41, 5.74) is 2.82. The van der Waals surface area contributed by atoms with Gasteiger partial charge in [-0.1, -0.05) is 37.1 Å². The number of carbonyl (C=O) groups is 1. The van der Waals surface area contributed by atoms with Gasteiger partial charge in [-0.25, -0.2) is 0 Å². The second kappa shape index (κ2) is 10.0. The van der Waals surface area contributed by atoms with Crippen molar-refractivity contribution in [2.45, 2.75) is 33.1 Å². The molecule has 0 aliphatic carbocycles. The minimum Gasteiger partial charge on any atom is -0.456 e. The molecule has 152 valence electrons. The number of ether oxygens (including phenoxy) is 1. The Kier molecular flexibility index (Phi) is 7.19. The van der Waals surface area contributed by atoms with Gasteiger partial charge in [0.15, 0.2) is 5.43 Å². The molecule has 5 nitrogen and oxygen atoms in total. The first-order valence-corrected chi connectivity index (χ1v) is 10.1. The van der Waals surface area contributed by atoms with E-state index in [9.17, 15) is 9.59 Å². The van der Waals surface area contributed by atoms with Crippen LogP contribution in [0.5, 0.6) is 0 Å². The molecule has 5 heteroatoms. The normalized spacial score (nSPS) is 11.0. The molecule has 0 atom stereocenters.